The molecule has 0 unspecified atom stereocenters. The Morgan fingerprint density at radius 3 is 2.30 bits per heavy atom. The number of benzene rings is 2. The number of anilines is 1. The maximum Gasteiger partial charge on any atom is 0.338 e. The Kier molecular flexibility index (Phi) is 6.27. The number of esters is 1. The molecular weight excluding hydrogens is 374 g/mol. The van der Waals surface area contributed by atoms with E-state index >= 15 is 0 Å². The lowest BCUT2D eigenvalue weighted by Gasteiger charge is -2.08. The molecule has 0 aliphatic rings. The third-order valence-electron chi connectivity index (χ3n) is 3.44. The summed E-state index contributed by atoms with van der Waals surface area (Å²) in [5.41, 5.74) is 5.79. The molecule has 0 saturated carbocycles. The topological polar surface area (TPSA) is 145 Å². The SMILES string of the molecule is CNS(=O)(=O)c1cccc(C(=O)OCC(=O)Nc2ccc(C(N)=O)cc2)c1. The van der Waals surface area contributed by atoms with Crippen molar-refractivity contribution in [2.45, 2.75) is 4.90 Å². The van der Waals surface area contributed by atoms with Crippen molar-refractivity contribution >= 4 is 33.5 Å². The summed E-state index contributed by atoms with van der Waals surface area (Å²) in [5, 5.41) is 2.49. The Morgan fingerprint density at radius 2 is 1.70 bits per heavy atom. The smallest absolute Gasteiger partial charge is 0.338 e. The van der Waals surface area contributed by atoms with Crippen LogP contribution in [0.3, 0.4) is 0 Å². The van der Waals surface area contributed by atoms with E-state index in [1.165, 1.54) is 49.5 Å². The molecular formula is C17H17N3O6S. The molecule has 0 atom stereocenters. The van der Waals surface area contributed by atoms with Crippen molar-refractivity contribution in [3.8, 4) is 0 Å². The van der Waals surface area contributed by atoms with Gasteiger partial charge in [-0.15, -0.1) is 0 Å². The van der Waals surface area contributed by atoms with Gasteiger partial charge in [0.05, 0.1) is 10.5 Å². The van der Waals surface area contributed by atoms with Crippen LogP contribution in [-0.4, -0.2) is 39.9 Å². The van der Waals surface area contributed by atoms with Crippen LogP contribution in [0.5, 0.6) is 0 Å². The van der Waals surface area contributed by atoms with E-state index in [-0.39, 0.29) is 16.0 Å². The zero-order valence-electron chi connectivity index (χ0n) is 14.3. The predicted molar refractivity (Wildman–Crippen MR) is 96.6 cm³/mol. The number of amides is 2. The van der Waals surface area contributed by atoms with E-state index in [9.17, 15) is 22.8 Å². The Morgan fingerprint density at radius 1 is 1.04 bits per heavy atom. The van der Waals surface area contributed by atoms with Gasteiger partial charge in [-0.3, -0.25) is 9.59 Å². The van der Waals surface area contributed by atoms with Gasteiger partial charge in [0.25, 0.3) is 5.91 Å². The second-order valence-electron chi connectivity index (χ2n) is 5.30. The summed E-state index contributed by atoms with van der Waals surface area (Å²) in [5.74, 6) is -2.04. The van der Waals surface area contributed by atoms with Gasteiger partial charge in [-0.1, -0.05) is 6.07 Å². The first-order valence-electron chi connectivity index (χ1n) is 7.63. The first-order valence-corrected chi connectivity index (χ1v) is 9.11. The maximum absolute atomic E-state index is 12.0. The van der Waals surface area contributed by atoms with Crippen molar-refractivity contribution in [2.75, 3.05) is 19.0 Å². The molecule has 4 N–H and O–H groups in total. The fourth-order valence-electron chi connectivity index (χ4n) is 2.04. The summed E-state index contributed by atoms with van der Waals surface area (Å²) in [6.07, 6.45) is 0. The van der Waals surface area contributed by atoms with Gasteiger partial charge in [0.2, 0.25) is 15.9 Å². The number of primary amides is 1. The highest BCUT2D eigenvalue weighted by atomic mass is 32.2. The van der Waals surface area contributed by atoms with Gasteiger partial charge in [-0.05, 0) is 49.5 Å². The van der Waals surface area contributed by atoms with E-state index < -0.39 is 34.4 Å². The molecule has 9 nitrogen and oxygen atoms in total. The number of nitrogens with one attached hydrogen (secondary N) is 2. The fourth-order valence-corrected chi connectivity index (χ4v) is 2.81. The molecule has 0 spiro atoms. The van der Waals surface area contributed by atoms with Crippen LogP contribution in [0.4, 0.5) is 5.69 Å². The van der Waals surface area contributed by atoms with Crippen molar-refractivity contribution in [3.63, 3.8) is 0 Å². The van der Waals surface area contributed by atoms with Crippen LogP contribution in [0.1, 0.15) is 20.7 Å². The van der Waals surface area contributed by atoms with Crippen LogP contribution in [0.15, 0.2) is 53.4 Å². The highest BCUT2D eigenvalue weighted by Gasteiger charge is 2.16. The standard InChI is InChI=1S/C17H17N3O6S/c1-19-27(24,25)14-4-2-3-12(9-14)17(23)26-10-15(21)20-13-7-5-11(6-8-13)16(18)22/h2-9,19H,10H2,1H3,(H2,18,22)(H,20,21). The quantitative estimate of drug-likeness (QED) is 0.586. The van der Waals surface area contributed by atoms with E-state index in [0.29, 0.717) is 5.69 Å². The van der Waals surface area contributed by atoms with Crippen LogP contribution in [0.25, 0.3) is 0 Å². The number of rotatable bonds is 7. The Labute approximate surface area is 155 Å². The number of carbonyl (C=O) groups is 3. The van der Waals surface area contributed by atoms with Gasteiger partial charge in [0.15, 0.2) is 6.61 Å². The van der Waals surface area contributed by atoms with Gasteiger partial charge in [0.1, 0.15) is 0 Å². The Bertz CT molecular complexity index is 970. The molecule has 2 rings (SSSR count). The normalized spacial score (nSPS) is 10.9. The molecule has 0 aliphatic carbocycles. The Hall–Kier alpha value is -3.24. The lowest BCUT2D eigenvalue weighted by atomic mass is 10.2. The van der Waals surface area contributed by atoms with Crippen LogP contribution in [0.2, 0.25) is 0 Å². The van der Waals surface area contributed by atoms with E-state index in [1.54, 1.807) is 0 Å². The molecule has 0 heterocycles. The molecule has 142 valence electrons. The summed E-state index contributed by atoms with van der Waals surface area (Å²) >= 11 is 0. The summed E-state index contributed by atoms with van der Waals surface area (Å²) in [6, 6.07) is 11.1. The predicted octanol–water partition coefficient (Wildman–Crippen LogP) is 0.489. The van der Waals surface area contributed by atoms with E-state index in [0.717, 1.165) is 6.07 Å². The monoisotopic (exact) mass is 391 g/mol. The van der Waals surface area contributed by atoms with Crippen LogP contribution < -0.4 is 15.8 Å². The van der Waals surface area contributed by atoms with E-state index in [2.05, 4.69) is 10.0 Å². The van der Waals surface area contributed by atoms with Gasteiger partial charge in [0, 0.05) is 11.3 Å². The van der Waals surface area contributed by atoms with Gasteiger partial charge in [-0.25, -0.2) is 17.9 Å². The molecule has 0 saturated heterocycles. The first kappa shape index (κ1) is 20.1. The lowest BCUT2D eigenvalue weighted by molar-refractivity contribution is -0.119. The van der Waals surface area contributed by atoms with Crippen molar-refractivity contribution in [1.82, 2.24) is 4.72 Å². The number of nitrogens with two attached hydrogens (primary N) is 1. The highest BCUT2D eigenvalue weighted by Crippen LogP contribution is 2.12. The molecule has 27 heavy (non-hydrogen) atoms. The summed E-state index contributed by atoms with van der Waals surface area (Å²) in [6.45, 7) is -0.570. The van der Waals surface area contributed by atoms with Crippen molar-refractivity contribution in [3.05, 3.63) is 59.7 Å². The number of sulfonamides is 1. The first-order chi connectivity index (χ1) is 12.7. The number of ether oxygens (including phenoxy) is 1. The molecule has 2 aromatic carbocycles. The zero-order chi connectivity index (χ0) is 20.0. The second-order valence-corrected chi connectivity index (χ2v) is 7.19. The number of hydrogen-bond acceptors (Lipinski definition) is 6. The maximum atomic E-state index is 12.0. The molecule has 0 bridgehead atoms. The summed E-state index contributed by atoms with van der Waals surface area (Å²) < 4.78 is 30.5. The average molecular weight is 391 g/mol. The molecule has 0 aromatic heterocycles. The number of hydrogen-bond donors (Lipinski definition) is 3. The lowest BCUT2D eigenvalue weighted by Crippen LogP contribution is -2.22. The van der Waals surface area contributed by atoms with Crippen molar-refractivity contribution in [1.29, 1.82) is 0 Å². The summed E-state index contributed by atoms with van der Waals surface area (Å²) in [7, 11) is -2.46. The minimum absolute atomic E-state index is 0.00932. The minimum atomic E-state index is -3.71. The number of carbonyl (C=O) groups excluding carboxylic acids is 3. The minimum Gasteiger partial charge on any atom is -0.452 e. The zero-order valence-corrected chi connectivity index (χ0v) is 15.1. The molecule has 0 radical (unpaired) electrons. The molecule has 0 fully saturated rings. The third kappa shape index (κ3) is 5.36. The average Bonchev–Trinajstić information content (AvgIpc) is 2.66. The van der Waals surface area contributed by atoms with Gasteiger partial charge in [-0.2, -0.15) is 0 Å². The van der Waals surface area contributed by atoms with Crippen LogP contribution in [0, 0.1) is 0 Å². The third-order valence-corrected chi connectivity index (χ3v) is 4.85. The molecule has 2 amide bonds. The van der Waals surface area contributed by atoms with Gasteiger partial charge >= 0.3 is 5.97 Å². The molecule has 0 aliphatic heterocycles. The van der Waals surface area contributed by atoms with Gasteiger partial charge < -0.3 is 15.8 Å². The summed E-state index contributed by atoms with van der Waals surface area (Å²) in [4.78, 5) is 34.8. The second kappa shape index (κ2) is 8.43. The largest absolute Gasteiger partial charge is 0.452 e. The Balaban J connectivity index is 1.96. The van der Waals surface area contributed by atoms with E-state index in [1.807, 2.05) is 0 Å². The van der Waals surface area contributed by atoms with Crippen LogP contribution in [-0.2, 0) is 19.6 Å². The van der Waals surface area contributed by atoms with Crippen molar-refractivity contribution < 1.29 is 27.5 Å². The van der Waals surface area contributed by atoms with Crippen molar-refractivity contribution in [2.24, 2.45) is 5.73 Å². The highest BCUT2D eigenvalue weighted by molar-refractivity contribution is 7.89. The molecule has 10 heteroatoms. The van der Waals surface area contributed by atoms with Crippen LogP contribution >= 0.6 is 0 Å². The van der Waals surface area contributed by atoms with E-state index in [4.69, 9.17) is 10.5 Å². The molecule has 2 aromatic rings. The fraction of sp³-hybridized carbons (Fsp3) is 0.118.